The molecule has 0 aromatic heterocycles. The molecule has 210 valence electrons. The van der Waals surface area contributed by atoms with Crippen molar-refractivity contribution in [3.63, 3.8) is 0 Å². The van der Waals surface area contributed by atoms with Crippen molar-refractivity contribution < 1.29 is 18.3 Å². The Morgan fingerprint density at radius 1 is 0.872 bits per heavy atom. The summed E-state index contributed by atoms with van der Waals surface area (Å²) in [6.07, 6.45) is -0.779. The molecule has 0 aliphatic heterocycles. The van der Waals surface area contributed by atoms with Crippen molar-refractivity contribution >= 4 is 26.9 Å². The van der Waals surface area contributed by atoms with E-state index >= 15 is 0 Å². The van der Waals surface area contributed by atoms with Crippen molar-refractivity contribution in [1.29, 1.82) is 0 Å². The Bertz CT molecular complexity index is 1330. The standard InChI is InChI=1S/C32H41NO4S2/c1-21(2)29(34)25(6)32(35)38-30(28-16-12-9-13-17-28)26(7)33(20-27-14-10-8-11-15-27)39(36,37)31-23(4)18-22(3)19-24(31)5/h8-19,21,25-26,29-30,34H,20H2,1-7H3/t25-,26+,29-,30+/m0/s1. The molecule has 0 unspecified atom stereocenters. The summed E-state index contributed by atoms with van der Waals surface area (Å²) in [4.78, 5) is 13.8. The first-order valence-corrected chi connectivity index (χ1v) is 15.7. The van der Waals surface area contributed by atoms with Crippen LogP contribution < -0.4 is 0 Å². The summed E-state index contributed by atoms with van der Waals surface area (Å²) in [6, 6.07) is 22.3. The molecule has 5 nitrogen and oxygen atoms in total. The molecule has 0 radical (unpaired) electrons. The van der Waals surface area contributed by atoms with Gasteiger partial charge in [0.1, 0.15) is 0 Å². The highest BCUT2D eigenvalue weighted by molar-refractivity contribution is 8.13. The molecule has 0 aliphatic carbocycles. The normalized spacial score (nSPS) is 15.2. The molecule has 0 amide bonds. The van der Waals surface area contributed by atoms with Gasteiger partial charge in [0, 0.05) is 12.6 Å². The molecule has 0 saturated heterocycles. The average Bonchev–Trinajstić information content (AvgIpc) is 2.89. The minimum absolute atomic E-state index is 0.0698. The third-order valence-corrected chi connectivity index (χ3v) is 10.9. The van der Waals surface area contributed by atoms with Gasteiger partial charge in [0.15, 0.2) is 5.12 Å². The first-order valence-electron chi connectivity index (χ1n) is 13.4. The summed E-state index contributed by atoms with van der Waals surface area (Å²) in [5.41, 5.74) is 4.13. The van der Waals surface area contributed by atoms with E-state index < -0.39 is 33.3 Å². The number of sulfonamides is 1. The number of hydrogen-bond donors (Lipinski definition) is 1. The summed E-state index contributed by atoms with van der Waals surface area (Å²) in [5, 5.41) is 9.98. The zero-order valence-electron chi connectivity index (χ0n) is 24.0. The SMILES string of the molecule is Cc1cc(C)c(S(=O)(=O)N(Cc2ccccc2)[C@H](C)[C@@H](SC(=O)[C@@H](C)[C@@H](O)C(C)C)c2ccccc2)c(C)c1. The second kappa shape index (κ2) is 13.3. The van der Waals surface area contributed by atoms with E-state index in [1.54, 1.807) is 6.92 Å². The lowest BCUT2D eigenvalue weighted by Crippen LogP contribution is -2.42. The molecule has 3 aromatic rings. The van der Waals surface area contributed by atoms with Gasteiger partial charge in [-0.2, -0.15) is 4.31 Å². The van der Waals surface area contributed by atoms with Crippen molar-refractivity contribution in [2.24, 2.45) is 11.8 Å². The number of aliphatic hydroxyl groups excluding tert-OH is 1. The van der Waals surface area contributed by atoms with Crippen molar-refractivity contribution in [2.45, 2.75) is 77.3 Å². The van der Waals surface area contributed by atoms with Gasteiger partial charge >= 0.3 is 0 Å². The first kappa shape index (κ1) is 31.1. The summed E-state index contributed by atoms with van der Waals surface area (Å²) in [7, 11) is -3.96. The van der Waals surface area contributed by atoms with Gasteiger partial charge in [0.05, 0.1) is 22.2 Å². The highest BCUT2D eigenvalue weighted by Crippen LogP contribution is 2.40. The molecule has 3 rings (SSSR count). The van der Waals surface area contributed by atoms with Gasteiger partial charge in [0.2, 0.25) is 10.0 Å². The van der Waals surface area contributed by atoms with Crippen LogP contribution in [0.4, 0.5) is 0 Å². The van der Waals surface area contributed by atoms with Crippen LogP contribution in [0.25, 0.3) is 0 Å². The zero-order chi connectivity index (χ0) is 28.9. The summed E-state index contributed by atoms with van der Waals surface area (Å²) >= 11 is 1.12. The molecule has 0 bridgehead atoms. The number of carbonyl (C=O) groups is 1. The Hall–Kier alpha value is -2.45. The molecule has 0 fully saturated rings. The van der Waals surface area contributed by atoms with Gasteiger partial charge in [-0.3, -0.25) is 4.79 Å². The van der Waals surface area contributed by atoms with E-state index in [0.29, 0.717) is 16.0 Å². The van der Waals surface area contributed by atoms with Crippen molar-refractivity contribution in [3.8, 4) is 0 Å². The Labute approximate surface area is 238 Å². The quantitative estimate of drug-likeness (QED) is 0.274. The minimum atomic E-state index is -3.96. The largest absolute Gasteiger partial charge is 0.392 e. The topological polar surface area (TPSA) is 74.7 Å². The molecule has 1 N–H and O–H groups in total. The smallest absolute Gasteiger partial charge is 0.244 e. The Morgan fingerprint density at radius 2 is 1.38 bits per heavy atom. The number of aliphatic hydroxyl groups is 1. The fourth-order valence-electron chi connectivity index (χ4n) is 5.09. The van der Waals surface area contributed by atoms with Gasteiger partial charge in [-0.1, -0.05) is 111 Å². The van der Waals surface area contributed by atoms with Gasteiger partial charge in [0.25, 0.3) is 0 Å². The Balaban J connectivity index is 2.13. The maximum atomic E-state index is 14.5. The van der Waals surface area contributed by atoms with Crippen LogP contribution in [0.3, 0.4) is 0 Å². The van der Waals surface area contributed by atoms with Crippen LogP contribution in [0, 0.1) is 32.6 Å². The van der Waals surface area contributed by atoms with Crippen molar-refractivity contribution in [1.82, 2.24) is 4.31 Å². The van der Waals surface area contributed by atoms with Crippen LogP contribution >= 0.6 is 11.8 Å². The number of rotatable bonds is 11. The van der Waals surface area contributed by atoms with Crippen molar-refractivity contribution in [3.05, 3.63) is 101 Å². The van der Waals surface area contributed by atoms with E-state index in [2.05, 4.69) is 0 Å². The number of carbonyl (C=O) groups excluding carboxylic acids is 1. The highest BCUT2D eigenvalue weighted by atomic mass is 32.2. The highest BCUT2D eigenvalue weighted by Gasteiger charge is 2.38. The first-order chi connectivity index (χ1) is 18.3. The zero-order valence-corrected chi connectivity index (χ0v) is 25.6. The third-order valence-electron chi connectivity index (χ3n) is 7.18. The molecule has 0 aliphatic rings. The van der Waals surface area contributed by atoms with Gasteiger partial charge in [-0.25, -0.2) is 8.42 Å². The molecular formula is C32H41NO4S2. The van der Waals surface area contributed by atoms with Crippen LogP contribution in [-0.2, 0) is 21.4 Å². The minimum Gasteiger partial charge on any atom is -0.392 e. The second-order valence-corrected chi connectivity index (χ2v) is 13.8. The summed E-state index contributed by atoms with van der Waals surface area (Å²) < 4.78 is 30.5. The summed E-state index contributed by atoms with van der Waals surface area (Å²) in [5.74, 6) is -0.659. The van der Waals surface area contributed by atoms with Gasteiger partial charge in [-0.05, 0) is 55.9 Å². The number of benzene rings is 3. The fourth-order valence-corrected chi connectivity index (χ4v) is 8.45. The lowest BCUT2D eigenvalue weighted by Gasteiger charge is -2.35. The fraction of sp³-hybridized carbons (Fsp3) is 0.406. The lowest BCUT2D eigenvalue weighted by molar-refractivity contribution is -0.117. The molecule has 0 saturated carbocycles. The van der Waals surface area contributed by atoms with E-state index in [1.807, 2.05) is 114 Å². The lowest BCUT2D eigenvalue weighted by atomic mass is 9.96. The molecule has 3 aromatic carbocycles. The average molecular weight is 568 g/mol. The van der Waals surface area contributed by atoms with Crippen LogP contribution in [0.1, 0.15) is 60.8 Å². The molecule has 39 heavy (non-hydrogen) atoms. The molecular weight excluding hydrogens is 526 g/mol. The summed E-state index contributed by atoms with van der Waals surface area (Å²) in [6.45, 7) is 13.2. The number of nitrogens with zero attached hydrogens (tertiary/aromatic N) is 1. The van der Waals surface area contributed by atoms with E-state index in [0.717, 1.165) is 28.5 Å². The van der Waals surface area contributed by atoms with E-state index in [-0.39, 0.29) is 17.6 Å². The molecule has 4 atom stereocenters. The monoisotopic (exact) mass is 567 g/mol. The van der Waals surface area contributed by atoms with Crippen molar-refractivity contribution in [2.75, 3.05) is 0 Å². The number of thioether (sulfide) groups is 1. The van der Waals surface area contributed by atoms with Crippen LogP contribution in [0.15, 0.2) is 77.7 Å². The van der Waals surface area contributed by atoms with Gasteiger partial charge in [-0.15, -0.1) is 0 Å². The van der Waals surface area contributed by atoms with Crippen LogP contribution in [0.5, 0.6) is 0 Å². The maximum absolute atomic E-state index is 14.5. The van der Waals surface area contributed by atoms with Crippen LogP contribution in [0.2, 0.25) is 0 Å². The number of aryl methyl sites for hydroxylation is 3. The predicted molar refractivity (Wildman–Crippen MR) is 161 cm³/mol. The van der Waals surface area contributed by atoms with E-state index in [1.165, 1.54) is 4.31 Å². The third kappa shape index (κ3) is 7.40. The maximum Gasteiger partial charge on any atom is 0.244 e. The molecule has 0 spiro atoms. The Kier molecular flexibility index (Phi) is 10.6. The Morgan fingerprint density at radius 3 is 1.90 bits per heavy atom. The van der Waals surface area contributed by atoms with Crippen LogP contribution in [-0.4, -0.2) is 35.1 Å². The molecule has 0 heterocycles. The van der Waals surface area contributed by atoms with E-state index in [4.69, 9.17) is 0 Å². The number of hydrogen-bond acceptors (Lipinski definition) is 5. The van der Waals surface area contributed by atoms with Gasteiger partial charge < -0.3 is 5.11 Å². The predicted octanol–water partition coefficient (Wildman–Crippen LogP) is 6.85. The molecule has 7 heteroatoms. The second-order valence-electron chi connectivity index (χ2n) is 10.8. The van der Waals surface area contributed by atoms with E-state index in [9.17, 15) is 18.3 Å².